The molecular formula is C17H14N2O5. The Labute approximate surface area is 138 Å². The summed E-state index contributed by atoms with van der Waals surface area (Å²) in [6, 6.07) is 9.33. The first-order valence-corrected chi connectivity index (χ1v) is 6.93. The van der Waals surface area contributed by atoms with Crippen molar-refractivity contribution in [3.05, 3.63) is 54.0 Å². The molecular weight excluding hydrogens is 312 g/mol. The predicted molar refractivity (Wildman–Crippen MR) is 85.2 cm³/mol. The maximum atomic E-state index is 12.1. The molecule has 0 aliphatic rings. The molecule has 7 heteroatoms. The van der Waals surface area contributed by atoms with Crippen LogP contribution < -0.4 is 10.6 Å². The van der Waals surface area contributed by atoms with E-state index in [0.29, 0.717) is 0 Å². The summed E-state index contributed by atoms with van der Waals surface area (Å²) in [6.07, 6.45) is 6.37. The summed E-state index contributed by atoms with van der Waals surface area (Å²) in [4.78, 5) is 35.5. The first-order valence-electron chi connectivity index (χ1n) is 6.93. The fourth-order valence-corrected chi connectivity index (χ4v) is 1.77. The van der Waals surface area contributed by atoms with Crippen molar-refractivity contribution in [1.29, 1.82) is 0 Å². The molecule has 1 heterocycles. The van der Waals surface area contributed by atoms with E-state index in [2.05, 4.69) is 16.6 Å². The van der Waals surface area contributed by atoms with Gasteiger partial charge in [-0.1, -0.05) is 18.1 Å². The molecule has 7 nitrogen and oxygen atoms in total. The van der Waals surface area contributed by atoms with E-state index in [-0.39, 0.29) is 23.6 Å². The summed E-state index contributed by atoms with van der Waals surface area (Å²) in [7, 11) is 0. The molecule has 0 atom stereocenters. The van der Waals surface area contributed by atoms with Crippen molar-refractivity contribution in [2.45, 2.75) is 0 Å². The van der Waals surface area contributed by atoms with Crippen molar-refractivity contribution in [1.82, 2.24) is 5.32 Å². The molecule has 0 fully saturated rings. The van der Waals surface area contributed by atoms with Crippen LogP contribution >= 0.6 is 0 Å². The average molecular weight is 326 g/mol. The number of para-hydroxylation sites is 1. The molecule has 0 unspecified atom stereocenters. The van der Waals surface area contributed by atoms with Crippen molar-refractivity contribution < 1.29 is 23.5 Å². The SMILES string of the molecule is C#CCNC(=O)COC(=O)c1ccccc1NC(=O)c1ccco1. The van der Waals surface area contributed by atoms with E-state index >= 15 is 0 Å². The average Bonchev–Trinajstić information content (AvgIpc) is 3.13. The third-order valence-corrected chi connectivity index (χ3v) is 2.86. The number of nitrogens with one attached hydrogen (secondary N) is 2. The molecule has 0 aliphatic carbocycles. The molecule has 1 aromatic carbocycles. The van der Waals surface area contributed by atoms with Crippen LogP contribution in [-0.4, -0.2) is 30.9 Å². The molecule has 122 valence electrons. The standard InChI is InChI=1S/C17H14N2O5/c1-2-9-18-15(20)11-24-17(22)12-6-3-4-7-13(12)19-16(21)14-8-5-10-23-14/h1,3-8,10H,9,11H2,(H,18,20)(H,19,21). The normalized spacial score (nSPS) is 9.62. The van der Waals surface area contributed by atoms with Gasteiger partial charge in [-0.3, -0.25) is 9.59 Å². The third-order valence-electron chi connectivity index (χ3n) is 2.86. The van der Waals surface area contributed by atoms with Crippen molar-refractivity contribution in [2.24, 2.45) is 0 Å². The number of furan rings is 1. The lowest BCUT2D eigenvalue weighted by Gasteiger charge is -2.10. The van der Waals surface area contributed by atoms with Gasteiger partial charge in [-0.05, 0) is 24.3 Å². The van der Waals surface area contributed by atoms with Crippen LogP contribution in [0.15, 0.2) is 47.1 Å². The van der Waals surface area contributed by atoms with Crippen molar-refractivity contribution >= 4 is 23.5 Å². The van der Waals surface area contributed by atoms with Gasteiger partial charge in [-0.15, -0.1) is 6.42 Å². The van der Waals surface area contributed by atoms with Crippen molar-refractivity contribution in [3.8, 4) is 12.3 Å². The van der Waals surface area contributed by atoms with Crippen LogP contribution in [-0.2, 0) is 9.53 Å². The number of hydrogen-bond donors (Lipinski definition) is 2. The number of hydrogen-bond acceptors (Lipinski definition) is 5. The summed E-state index contributed by atoms with van der Waals surface area (Å²) >= 11 is 0. The van der Waals surface area contributed by atoms with Gasteiger partial charge in [0, 0.05) is 0 Å². The van der Waals surface area contributed by atoms with Crippen LogP contribution in [0.3, 0.4) is 0 Å². The lowest BCUT2D eigenvalue weighted by atomic mass is 10.1. The van der Waals surface area contributed by atoms with Gasteiger partial charge in [0.1, 0.15) is 0 Å². The van der Waals surface area contributed by atoms with Gasteiger partial charge in [0.15, 0.2) is 12.4 Å². The van der Waals surface area contributed by atoms with Gasteiger partial charge in [0.05, 0.1) is 24.1 Å². The second-order valence-corrected chi connectivity index (χ2v) is 4.53. The van der Waals surface area contributed by atoms with Crippen molar-refractivity contribution in [3.63, 3.8) is 0 Å². The highest BCUT2D eigenvalue weighted by Crippen LogP contribution is 2.17. The van der Waals surface area contributed by atoms with Gasteiger partial charge in [0.25, 0.3) is 11.8 Å². The van der Waals surface area contributed by atoms with Gasteiger partial charge < -0.3 is 19.8 Å². The third kappa shape index (κ3) is 4.48. The van der Waals surface area contributed by atoms with E-state index in [1.165, 1.54) is 24.5 Å². The molecule has 0 spiro atoms. The van der Waals surface area contributed by atoms with Crippen LogP contribution in [0.25, 0.3) is 0 Å². The minimum atomic E-state index is -0.749. The second-order valence-electron chi connectivity index (χ2n) is 4.53. The Hall–Kier alpha value is -3.53. The molecule has 2 aromatic rings. The topological polar surface area (TPSA) is 97.6 Å². The number of benzene rings is 1. The largest absolute Gasteiger partial charge is 0.459 e. The van der Waals surface area contributed by atoms with E-state index in [1.807, 2.05) is 0 Å². The van der Waals surface area contributed by atoms with Crippen molar-refractivity contribution in [2.75, 3.05) is 18.5 Å². The van der Waals surface area contributed by atoms with E-state index in [0.717, 1.165) is 0 Å². The molecule has 2 N–H and O–H groups in total. The number of carbonyl (C=O) groups is 3. The Morgan fingerprint density at radius 1 is 1.17 bits per heavy atom. The Kier molecular flexibility index (Phi) is 5.75. The number of amides is 2. The van der Waals surface area contributed by atoms with Gasteiger partial charge >= 0.3 is 5.97 Å². The smallest absolute Gasteiger partial charge is 0.340 e. The van der Waals surface area contributed by atoms with E-state index < -0.39 is 24.4 Å². The Morgan fingerprint density at radius 2 is 1.96 bits per heavy atom. The first-order chi connectivity index (χ1) is 11.6. The maximum Gasteiger partial charge on any atom is 0.340 e. The molecule has 0 saturated carbocycles. The summed E-state index contributed by atoms with van der Waals surface area (Å²) in [5.41, 5.74) is 0.357. The van der Waals surface area contributed by atoms with Gasteiger partial charge in [-0.25, -0.2) is 4.79 Å². The Balaban J connectivity index is 2.02. The molecule has 1 aromatic heterocycles. The lowest BCUT2D eigenvalue weighted by Crippen LogP contribution is -2.29. The van der Waals surface area contributed by atoms with Crippen LogP contribution in [0.2, 0.25) is 0 Å². The quantitative estimate of drug-likeness (QED) is 0.618. The predicted octanol–water partition coefficient (Wildman–Crippen LogP) is 1.44. The maximum absolute atomic E-state index is 12.1. The fourth-order valence-electron chi connectivity index (χ4n) is 1.77. The minimum Gasteiger partial charge on any atom is -0.459 e. The molecule has 0 radical (unpaired) electrons. The van der Waals surface area contributed by atoms with Gasteiger partial charge in [-0.2, -0.15) is 0 Å². The van der Waals surface area contributed by atoms with E-state index in [9.17, 15) is 14.4 Å². The highest BCUT2D eigenvalue weighted by atomic mass is 16.5. The molecule has 0 bridgehead atoms. The highest BCUT2D eigenvalue weighted by Gasteiger charge is 2.17. The van der Waals surface area contributed by atoms with Crippen LogP contribution in [0.5, 0.6) is 0 Å². The van der Waals surface area contributed by atoms with Crippen LogP contribution in [0, 0.1) is 12.3 Å². The summed E-state index contributed by atoms with van der Waals surface area (Å²) in [6.45, 7) is -0.423. The second kappa shape index (κ2) is 8.19. The zero-order valence-electron chi connectivity index (χ0n) is 12.6. The monoisotopic (exact) mass is 326 g/mol. The number of terminal acetylenes is 1. The van der Waals surface area contributed by atoms with Gasteiger partial charge in [0.2, 0.25) is 0 Å². The van der Waals surface area contributed by atoms with Crippen LogP contribution in [0.1, 0.15) is 20.9 Å². The number of rotatable bonds is 6. The van der Waals surface area contributed by atoms with Crippen LogP contribution in [0.4, 0.5) is 5.69 Å². The van der Waals surface area contributed by atoms with E-state index in [1.54, 1.807) is 18.2 Å². The Bertz CT molecular complexity index is 775. The summed E-state index contributed by atoms with van der Waals surface area (Å²) in [5, 5.41) is 4.93. The lowest BCUT2D eigenvalue weighted by molar-refractivity contribution is -0.123. The zero-order valence-corrected chi connectivity index (χ0v) is 12.6. The minimum absolute atomic E-state index is 0.0478. The molecule has 2 rings (SSSR count). The van der Waals surface area contributed by atoms with E-state index in [4.69, 9.17) is 15.6 Å². The molecule has 24 heavy (non-hydrogen) atoms. The number of carbonyl (C=O) groups excluding carboxylic acids is 3. The Morgan fingerprint density at radius 3 is 2.67 bits per heavy atom. The number of ether oxygens (including phenoxy) is 1. The highest BCUT2D eigenvalue weighted by molar-refractivity contribution is 6.06. The molecule has 0 aliphatic heterocycles. The molecule has 0 saturated heterocycles. The summed E-state index contributed by atoms with van der Waals surface area (Å²) < 4.78 is 9.89. The molecule has 2 amide bonds. The first kappa shape index (κ1) is 16.8. The fraction of sp³-hybridized carbons (Fsp3) is 0.118. The zero-order chi connectivity index (χ0) is 17.4. The number of anilines is 1. The number of esters is 1. The summed E-state index contributed by atoms with van der Waals surface area (Å²) in [5.74, 6) is 0.565.